The second kappa shape index (κ2) is 12.5. The summed E-state index contributed by atoms with van der Waals surface area (Å²) in [4.78, 5) is 12.5. The number of methoxy groups -OCH3 is 1. The highest BCUT2D eigenvalue weighted by Crippen LogP contribution is 2.30. The van der Waals surface area contributed by atoms with E-state index < -0.39 is 16.0 Å². The van der Waals surface area contributed by atoms with Crippen LogP contribution in [-0.4, -0.2) is 27.6 Å². The van der Waals surface area contributed by atoms with Gasteiger partial charge in [-0.15, -0.1) is 0 Å². The smallest absolute Gasteiger partial charge is 0.339 e. The number of carbonyl (C=O) groups excluding carboxylic acids is 1. The summed E-state index contributed by atoms with van der Waals surface area (Å²) in [5.41, 5.74) is 5.18. The van der Waals surface area contributed by atoms with E-state index in [0.29, 0.717) is 28.5 Å². The van der Waals surface area contributed by atoms with Crippen molar-refractivity contribution in [1.29, 1.82) is 0 Å². The Kier molecular flexibility index (Phi) is 8.85. The monoisotopic (exact) mass is 564 g/mol. The van der Waals surface area contributed by atoms with Gasteiger partial charge in [-0.3, -0.25) is 4.79 Å². The van der Waals surface area contributed by atoms with E-state index in [4.69, 9.17) is 25.3 Å². The van der Waals surface area contributed by atoms with Gasteiger partial charge in [-0.25, -0.2) is 5.43 Å². The Morgan fingerprint density at radius 1 is 0.949 bits per heavy atom. The predicted octanol–water partition coefficient (Wildman–Crippen LogP) is 5.77. The molecule has 1 N–H and O–H groups in total. The summed E-state index contributed by atoms with van der Waals surface area (Å²) in [5.74, 6) is 0.387. The number of hydrogen-bond acceptors (Lipinski definition) is 7. The minimum atomic E-state index is -4.04. The highest BCUT2D eigenvalue weighted by atomic mass is 35.5. The van der Waals surface area contributed by atoms with E-state index in [2.05, 4.69) is 10.5 Å². The van der Waals surface area contributed by atoms with Gasteiger partial charge in [-0.1, -0.05) is 47.5 Å². The lowest BCUT2D eigenvalue weighted by atomic mass is 10.2. The molecule has 0 heterocycles. The predicted molar refractivity (Wildman–Crippen MR) is 149 cm³/mol. The molecule has 8 nitrogen and oxygen atoms in total. The summed E-state index contributed by atoms with van der Waals surface area (Å²) in [6.45, 7) is 2.17. The number of amides is 1. The van der Waals surface area contributed by atoms with E-state index >= 15 is 0 Å². The quantitative estimate of drug-likeness (QED) is 0.149. The third kappa shape index (κ3) is 7.37. The van der Waals surface area contributed by atoms with Crippen LogP contribution in [0.25, 0.3) is 0 Å². The van der Waals surface area contributed by atoms with Crippen LogP contribution < -0.4 is 19.1 Å². The SMILES string of the molecule is COc1cc(/C=N\NC(=O)c2ccc(OCc3ccccc3Cl)cc2)ccc1OS(=O)(=O)c1ccc(C)cc1. The maximum absolute atomic E-state index is 12.6. The van der Waals surface area contributed by atoms with Crippen molar-refractivity contribution >= 4 is 33.8 Å². The number of hydrazone groups is 1. The van der Waals surface area contributed by atoms with Crippen LogP contribution in [0.2, 0.25) is 5.02 Å². The first kappa shape index (κ1) is 27.7. The average Bonchev–Trinajstić information content (AvgIpc) is 2.93. The van der Waals surface area contributed by atoms with Gasteiger partial charge in [0.25, 0.3) is 5.91 Å². The van der Waals surface area contributed by atoms with E-state index in [1.165, 1.54) is 31.5 Å². The molecule has 10 heteroatoms. The average molecular weight is 565 g/mol. The number of aryl methyl sites for hydroxylation is 1. The zero-order valence-corrected chi connectivity index (χ0v) is 22.7. The van der Waals surface area contributed by atoms with Gasteiger partial charge in [0.15, 0.2) is 11.5 Å². The van der Waals surface area contributed by atoms with Crippen molar-refractivity contribution in [1.82, 2.24) is 5.43 Å². The third-order valence-electron chi connectivity index (χ3n) is 5.55. The zero-order valence-electron chi connectivity index (χ0n) is 21.1. The molecule has 0 atom stereocenters. The van der Waals surface area contributed by atoms with Crippen molar-refractivity contribution in [3.63, 3.8) is 0 Å². The van der Waals surface area contributed by atoms with Gasteiger partial charge in [0.2, 0.25) is 0 Å². The molecule has 4 rings (SSSR count). The Bertz CT molecular complexity index is 1590. The normalized spacial score (nSPS) is 11.3. The standard InChI is InChI=1S/C29H25ClN2O6S/c1-20-7-14-25(15-8-20)39(34,35)38-27-16-9-21(17-28(27)36-2)18-31-32-29(33)22-10-12-24(13-11-22)37-19-23-5-3-4-6-26(23)30/h3-18H,19H2,1-2H3,(H,32,33)/b31-18-. The fourth-order valence-corrected chi connectivity index (χ4v) is 4.54. The van der Waals surface area contributed by atoms with Gasteiger partial charge < -0.3 is 13.7 Å². The number of carbonyl (C=O) groups is 1. The molecule has 39 heavy (non-hydrogen) atoms. The number of nitrogens with one attached hydrogen (secondary N) is 1. The summed E-state index contributed by atoms with van der Waals surface area (Å²) in [5, 5.41) is 4.60. The highest BCUT2D eigenvalue weighted by molar-refractivity contribution is 7.87. The topological polar surface area (TPSA) is 103 Å². The molecular formula is C29H25ClN2O6S. The Hall–Kier alpha value is -4.34. The molecule has 0 radical (unpaired) electrons. The summed E-state index contributed by atoms with van der Waals surface area (Å²) in [7, 11) is -2.65. The maximum atomic E-state index is 12.6. The van der Waals surface area contributed by atoms with Crippen LogP contribution in [0.4, 0.5) is 0 Å². The van der Waals surface area contributed by atoms with Crippen LogP contribution >= 0.6 is 11.6 Å². The number of rotatable bonds is 10. The molecule has 0 aromatic heterocycles. The molecular weight excluding hydrogens is 540 g/mol. The minimum absolute atomic E-state index is 0.0242. The molecule has 0 spiro atoms. The van der Waals surface area contributed by atoms with Gasteiger partial charge in [0, 0.05) is 16.1 Å². The zero-order chi connectivity index (χ0) is 27.8. The molecule has 0 fully saturated rings. The lowest BCUT2D eigenvalue weighted by molar-refractivity contribution is 0.0955. The summed E-state index contributed by atoms with van der Waals surface area (Å²) < 4.78 is 41.5. The highest BCUT2D eigenvalue weighted by Gasteiger charge is 2.19. The largest absolute Gasteiger partial charge is 0.493 e. The fraction of sp³-hybridized carbons (Fsp3) is 0.103. The van der Waals surface area contributed by atoms with E-state index in [-0.39, 0.29) is 16.4 Å². The molecule has 200 valence electrons. The lowest BCUT2D eigenvalue weighted by Crippen LogP contribution is -2.17. The summed E-state index contributed by atoms with van der Waals surface area (Å²) in [6.07, 6.45) is 1.40. The van der Waals surface area contributed by atoms with Crippen molar-refractivity contribution < 1.29 is 26.9 Å². The van der Waals surface area contributed by atoms with Crippen LogP contribution in [-0.2, 0) is 16.7 Å². The first-order valence-corrected chi connectivity index (χ1v) is 13.5. The first-order chi connectivity index (χ1) is 18.7. The fourth-order valence-electron chi connectivity index (χ4n) is 3.41. The van der Waals surface area contributed by atoms with Crippen molar-refractivity contribution in [2.75, 3.05) is 7.11 Å². The Morgan fingerprint density at radius 3 is 2.36 bits per heavy atom. The first-order valence-electron chi connectivity index (χ1n) is 11.7. The van der Waals surface area contributed by atoms with Gasteiger partial charge in [-0.05, 0) is 73.2 Å². The van der Waals surface area contributed by atoms with E-state index in [9.17, 15) is 13.2 Å². The van der Waals surface area contributed by atoms with Crippen molar-refractivity contribution in [3.8, 4) is 17.2 Å². The Labute approximate surface area is 231 Å². The number of hydrogen-bond donors (Lipinski definition) is 1. The van der Waals surface area contributed by atoms with Crippen LogP contribution in [0.3, 0.4) is 0 Å². The van der Waals surface area contributed by atoms with Crippen LogP contribution in [0.5, 0.6) is 17.2 Å². The molecule has 0 unspecified atom stereocenters. The van der Waals surface area contributed by atoms with E-state index in [1.54, 1.807) is 54.6 Å². The van der Waals surface area contributed by atoms with Crippen LogP contribution in [0, 0.1) is 6.92 Å². The van der Waals surface area contributed by atoms with Crippen molar-refractivity contribution in [3.05, 3.63) is 118 Å². The molecule has 0 bridgehead atoms. The van der Waals surface area contributed by atoms with Gasteiger partial charge in [0.05, 0.1) is 13.3 Å². The number of ether oxygens (including phenoxy) is 2. The van der Waals surface area contributed by atoms with Gasteiger partial charge >= 0.3 is 10.1 Å². The Balaban J connectivity index is 1.35. The lowest BCUT2D eigenvalue weighted by Gasteiger charge is -2.11. The molecule has 4 aromatic carbocycles. The van der Waals surface area contributed by atoms with E-state index in [0.717, 1.165) is 11.1 Å². The minimum Gasteiger partial charge on any atom is -0.493 e. The van der Waals surface area contributed by atoms with Crippen molar-refractivity contribution in [2.24, 2.45) is 5.10 Å². The maximum Gasteiger partial charge on any atom is 0.339 e. The number of halogens is 1. The Morgan fingerprint density at radius 2 is 1.67 bits per heavy atom. The van der Waals surface area contributed by atoms with Gasteiger partial charge in [0.1, 0.15) is 17.3 Å². The molecule has 1 amide bonds. The number of nitrogens with zero attached hydrogens (tertiary/aromatic N) is 1. The van der Waals surface area contributed by atoms with Crippen LogP contribution in [0.15, 0.2) is 101 Å². The second-order valence-electron chi connectivity index (χ2n) is 8.36. The third-order valence-corrected chi connectivity index (χ3v) is 7.16. The molecule has 0 aliphatic rings. The molecule has 0 saturated heterocycles. The molecule has 0 aliphatic heterocycles. The number of benzene rings is 4. The van der Waals surface area contributed by atoms with E-state index in [1.807, 2.05) is 25.1 Å². The molecule has 0 saturated carbocycles. The molecule has 0 aliphatic carbocycles. The second-order valence-corrected chi connectivity index (χ2v) is 10.3. The summed E-state index contributed by atoms with van der Waals surface area (Å²) >= 11 is 6.14. The van der Waals surface area contributed by atoms with Crippen molar-refractivity contribution in [2.45, 2.75) is 18.4 Å². The summed E-state index contributed by atoms with van der Waals surface area (Å²) in [6, 6.07) is 24.9. The van der Waals surface area contributed by atoms with Crippen LogP contribution in [0.1, 0.15) is 27.0 Å². The molecule has 4 aromatic rings. The van der Waals surface area contributed by atoms with Gasteiger partial charge in [-0.2, -0.15) is 13.5 Å².